The zero-order valence-corrected chi connectivity index (χ0v) is 14.9. The molecule has 1 aliphatic carbocycles. The van der Waals surface area contributed by atoms with Gasteiger partial charge < -0.3 is 9.47 Å². The summed E-state index contributed by atoms with van der Waals surface area (Å²) >= 11 is 0. The number of carbonyl (C=O) groups is 1. The summed E-state index contributed by atoms with van der Waals surface area (Å²) in [6.07, 6.45) is 5.32. The summed E-state index contributed by atoms with van der Waals surface area (Å²) in [4.78, 5) is 11.8. The van der Waals surface area contributed by atoms with E-state index in [2.05, 4.69) is 19.1 Å². The van der Waals surface area contributed by atoms with E-state index in [-0.39, 0.29) is 12.4 Å². The fourth-order valence-corrected chi connectivity index (χ4v) is 3.16. The van der Waals surface area contributed by atoms with Crippen LogP contribution in [0.1, 0.15) is 71.3 Å². The van der Waals surface area contributed by atoms with Gasteiger partial charge in [-0.3, -0.25) is 4.79 Å². The number of rotatable bonds is 5. The molecule has 1 aromatic rings. The first-order chi connectivity index (χ1) is 10.8. The van der Waals surface area contributed by atoms with Crippen molar-refractivity contribution in [3.63, 3.8) is 0 Å². The van der Waals surface area contributed by atoms with Gasteiger partial charge in [0.2, 0.25) is 0 Å². The molecular formula is C20H30O3. The number of hydrogen-bond acceptors (Lipinski definition) is 3. The Kier molecular flexibility index (Phi) is 6.09. The molecule has 1 aromatic carbocycles. The lowest BCUT2D eigenvalue weighted by Gasteiger charge is -2.27. The lowest BCUT2D eigenvalue weighted by molar-refractivity contribution is -0.155. The molecule has 0 spiro atoms. The maximum Gasteiger partial charge on any atom is 0.309 e. The van der Waals surface area contributed by atoms with Crippen molar-refractivity contribution in [1.29, 1.82) is 0 Å². The van der Waals surface area contributed by atoms with E-state index < -0.39 is 5.60 Å². The van der Waals surface area contributed by atoms with Gasteiger partial charge in [0.15, 0.2) is 0 Å². The quantitative estimate of drug-likeness (QED) is 0.709. The van der Waals surface area contributed by atoms with Gasteiger partial charge in [0.05, 0.1) is 13.0 Å². The van der Waals surface area contributed by atoms with E-state index in [1.165, 1.54) is 31.2 Å². The third-order valence-electron chi connectivity index (χ3n) is 4.36. The molecule has 1 saturated carbocycles. The van der Waals surface area contributed by atoms with Crippen LogP contribution in [0.2, 0.25) is 0 Å². The van der Waals surface area contributed by atoms with Crippen LogP contribution >= 0.6 is 0 Å². The van der Waals surface area contributed by atoms with E-state index in [0.717, 1.165) is 11.7 Å². The fourth-order valence-electron chi connectivity index (χ4n) is 3.16. The van der Waals surface area contributed by atoms with Crippen molar-refractivity contribution in [2.75, 3.05) is 6.61 Å². The molecule has 3 heteroatoms. The van der Waals surface area contributed by atoms with Gasteiger partial charge in [0.1, 0.15) is 11.4 Å². The Morgan fingerprint density at radius 2 is 1.78 bits per heavy atom. The Bertz CT molecular complexity index is 508. The van der Waals surface area contributed by atoms with E-state index in [4.69, 9.17) is 9.47 Å². The van der Waals surface area contributed by atoms with Crippen LogP contribution in [-0.2, 0) is 9.53 Å². The second-order valence-corrected chi connectivity index (χ2v) is 7.68. The molecule has 0 saturated heterocycles. The van der Waals surface area contributed by atoms with Gasteiger partial charge in [-0.05, 0) is 57.1 Å². The van der Waals surface area contributed by atoms with E-state index in [9.17, 15) is 4.79 Å². The minimum Gasteiger partial charge on any atom is -0.493 e. The van der Waals surface area contributed by atoms with Crippen LogP contribution in [0.4, 0.5) is 0 Å². The smallest absolute Gasteiger partial charge is 0.309 e. The first kappa shape index (κ1) is 17.8. The minimum absolute atomic E-state index is 0.207. The summed E-state index contributed by atoms with van der Waals surface area (Å²) < 4.78 is 11.2. The molecule has 2 rings (SSSR count). The Balaban J connectivity index is 1.89. The number of para-hydroxylation sites is 1. The highest BCUT2D eigenvalue weighted by Gasteiger charge is 2.22. The zero-order valence-electron chi connectivity index (χ0n) is 14.9. The Hall–Kier alpha value is -1.51. The van der Waals surface area contributed by atoms with E-state index in [0.29, 0.717) is 12.5 Å². The highest BCUT2D eigenvalue weighted by atomic mass is 16.6. The van der Waals surface area contributed by atoms with Gasteiger partial charge in [-0.15, -0.1) is 0 Å². The van der Waals surface area contributed by atoms with Crippen LogP contribution in [0.3, 0.4) is 0 Å². The predicted octanol–water partition coefficient (Wildman–Crippen LogP) is 5.09. The summed E-state index contributed by atoms with van der Waals surface area (Å²) in [7, 11) is 0. The molecule has 23 heavy (non-hydrogen) atoms. The monoisotopic (exact) mass is 318 g/mol. The van der Waals surface area contributed by atoms with E-state index >= 15 is 0 Å². The summed E-state index contributed by atoms with van der Waals surface area (Å²) in [6.45, 7) is 8.34. The minimum atomic E-state index is -0.437. The van der Waals surface area contributed by atoms with Crippen LogP contribution in [-0.4, -0.2) is 18.2 Å². The SMILES string of the molecule is CC1CCC(c2ccccc2OCCC(=O)OC(C)(C)C)CC1. The molecule has 0 bridgehead atoms. The maximum absolute atomic E-state index is 11.8. The van der Waals surface area contributed by atoms with Crippen molar-refractivity contribution < 1.29 is 14.3 Å². The predicted molar refractivity (Wildman–Crippen MR) is 92.8 cm³/mol. The first-order valence-electron chi connectivity index (χ1n) is 8.79. The molecule has 0 heterocycles. The number of carbonyl (C=O) groups excluding carboxylic acids is 1. The van der Waals surface area contributed by atoms with Crippen molar-refractivity contribution >= 4 is 5.97 Å². The lowest BCUT2D eigenvalue weighted by Crippen LogP contribution is -2.24. The van der Waals surface area contributed by atoms with Crippen LogP contribution in [0.5, 0.6) is 5.75 Å². The second-order valence-electron chi connectivity index (χ2n) is 7.68. The van der Waals surface area contributed by atoms with Gasteiger partial charge in [-0.1, -0.05) is 38.0 Å². The highest BCUT2D eigenvalue weighted by Crippen LogP contribution is 2.39. The van der Waals surface area contributed by atoms with Crippen LogP contribution in [0, 0.1) is 5.92 Å². The summed E-state index contributed by atoms with van der Waals surface area (Å²) in [5.74, 6) is 2.15. The molecule has 1 fully saturated rings. The Morgan fingerprint density at radius 3 is 2.43 bits per heavy atom. The summed E-state index contributed by atoms with van der Waals surface area (Å²) in [5, 5.41) is 0. The molecule has 0 amide bonds. The lowest BCUT2D eigenvalue weighted by atomic mass is 9.79. The number of benzene rings is 1. The fraction of sp³-hybridized carbons (Fsp3) is 0.650. The average Bonchev–Trinajstić information content (AvgIpc) is 2.47. The van der Waals surface area contributed by atoms with Crippen LogP contribution < -0.4 is 4.74 Å². The molecule has 3 nitrogen and oxygen atoms in total. The van der Waals surface area contributed by atoms with Crippen molar-refractivity contribution in [2.24, 2.45) is 5.92 Å². The third-order valence-corrected chi connectivity index (χ3v) is 4.36. The molecule has 0 radical (unpaired) electrons. The van der Waals surface area contributed by atoms with Crippen molar-refractivity contribution in [2.45, 2.75) is 71.3 Å². The second kappa shape index (κ2) is 7.85. The number of ether oxygens (including phenoxy) is 2. The number of hydrogen-bond donors (Lipinski definition) is 0. The van der Waals surface area contributed by atoms with Gasteiger partial charge in [0.25, 0.3) is 0 Å². The molecule has 0 aliphatic heterocycles. The summed E-state index contributed by atoms with van der Waals surface area (Å²) in [6, 6.07) is 8.26. The van der Waals surface area contributed by atoms with Gasteiger partial charge in [-0.25, -0.2) is 0 Å². The maximum atomic E-state index is 11.8. The standard InChI is InChI=1S/C20H30O3/c1-15-9-11-16(12-10-15)17-7-5-6-8-18(17)22-14-13-19(21)23-20(2,3)4/h5-8,15-16H,9-14H2,1-4H3. The molecule has 0 N–H and O–H groups in total. The average molecular weight is 318 g/mol. The van der Waals surface area contributed by atoms with Crippen LogP contribution in [0.25, 0.3) is 0 Å². The van der Waals surface area contributed by atoms with E-state index in [1.807, 2.05) is 32.9 Å². The Labute approximate surface area is 140 Å². The van der Waals surface area contributed by atoms with Crippen molar-refractivity contribution in [3.8, 4) is 5.75 Å². The van der Waals surface area contributed by atoms with Crippen molar-refractivity contribution in [3.05, 3.63) is 29.8 Å². The molecule has 0 atom stereocenters. The largest absolute Gasteiger partial charge is 0.493 e. The van der Waals surface area contributed by atoms with Crippen molar-refractivity contribution in [1.82, 2.24) is 0 Å². The Morgan fingerprint density at radius 1 is 1.13 bits per heavy atom. The zero-order chi connectivity index (χ0) is 16.9. The van der Waals surface area contributed by atoms with Gasteiger partial charge >= 0.3 is 5.97 Å². The van der Waals surface area contributed by atoms with Gasteiger partial charge in [-0.2, -0.15) is 0 Å². The molecule has 128 valence electrons. The highest BCUT2D eigenvalue weighted by molar-refractivity contribution is 5.70. The molecule has 0 unspecified atom stereocenters. The molecule has 0 aromatic heterocycles. The normalized spacial score (nSPS) is 21.7. The molecular weight excluding hydrogens is 288 g/mol. The number of esters is 1. The molecule has 1 aliphatic rings. The first-order valence-corrected chi connectivity index (χ1v) is 8.79. The third kappa shape index (κ3) is 5.89. The van der Waals surface area contributed by atoms with Gasteiger partial charge in [0, 0.05) is 0 Å². The topological polar surface area (TPSA) is 35.5 Å². The van der Waals surface area contributed by atoms with E-state index in [1.54, 1.807) is 0 Å². The summed E-state index contributed by atoms with van der Waals surface area (Å²) in [5.41, 5.74) is 0.858. The van der Waals surface area contributed by atoms with Crippen LogP contribution in [0.15, 0.2) is 24.3 Å².